The molecule has 0 aliphatic carbocycles. The Kier molecular flexibility index (Phi) is 1.31. The lowest BCUT2D eigenvalue weighted by atomic mass is 9.85. The van der Waals surface area contributed by atoms with Gasteiger partial charge in [0.1, 0.15) is 17.9 Å². The number of cyclic esters (lactones) is 2. The molecule has 3 heterocycles. The molecule has 0 spiro atoms. The van der Waals surface area contributed by atoms with Crippen LogP contribution in [0.4, 0.5) is 0 Å². The fraction of sp³-hybridized carbons (Fsp3) is 0.500. The lowest BCUT2D eigenvalue weighted by Gasteiger charge is -2.11. The van der Waals surface area contributed by atoms with Crippen LogP contribution in [0.2, 0.25) is 0 Å². The zero-order chi connectivity index (χ0) is 9.16. The second-order valence-electron chi connectivity index (χ2n) is 3.36. The quantitative estimate of drug-likeness (QED) is 0.456. The highest BCUT2D eigenvalue weighted by atomic mass is 79.9. The molecule has 2 saturated heterocycles. The van der Waals surface area contributed by atoms with E-state index in [0.29, 0.717) is 0 Å². The first-order chi connectivity index (χ1) is 6.18. The van der Waals surface area contributed by atoms with Gasteiger partial charge in [-0.3, -0.25) is 9.59 Å². The number of fused-ring (bicyclic) bond motifs is 5. The maximum atomic E-state index is 11.2. The predicted molar refractivity (Wildman–Crippen MR) is 43.8 cm³/mol. The van der Waals surface area contributed by atoms with Gasteiger partial charge in [-0.05, 0) is 6.08 Å². The van der Waals surface area contributed by atoms with Gasteiger partial charge in [0, 0.05) is 4.48 Å². The Bertz CT molecular complexity index is 348. The van der Waals surface area contributed by atoms with Gasteiger partial charge in [0.25, 0.3) is 0 Å². The summed E-state index contributed by atoms with van der Waals surface area (Å²) in [6, 6.07) is 0. The second kappa shape index (κ2) is 2.22. The summed E-state index contributed by atoms with van der Waals surface area (Å²) in [5.41, 5.74) is 0. The van der Waals surface area contributed by atoms with Crippen LogP contribution >= 0.6 is 15.9 Å². The van der Waals surface area contributed by atoms with E-state index in [4.69, 9.17) is 4.74 Å². The van der Waals surface area contributed by atoms with Gasteiger partial charge >= 0.3 is 11.9 Å². The Balaban J connectivity index is 2.08. The zero-order valence-corrected chi connectivity index (χ0v) is 7.98. The summed E-state index contributed by atoms with van der Waals surface area (Å²) < 4.78 is 10.8. The SMILES string of the molecule is O=C1OC(=O)C2C1[C@H]1C=C(Br)[C@@H]2O1. The van der Waals surface area contributed by atoms with Crippen molar-refractivity contribution in [3.05, 3.63) is 10.6 Å². The highest BCUT2D eigenvalue weighted by Crippen LogP contribution is 2.48. The van der Waals surface area contributed by atoms with E-state index in [9.17, 15) is 9.59 Å². The van der Waals surface area contributed by atoms with Crippen LogP contribution in [0.1, 0.15) is 0 Å². The maximum absolute atomic E-state index is 11.2. The summed E-state index contributed by atoms with van der Waals surface area (Å²) >= 11 is 3.30. The Hall–Kier alpha value is -0.680. The smallest absolute Gasteiger partial charge is 0.320 e. The number of carbonyl (C=O) groups excluding carboxylic acids is 2. The lowest BCUT2D eigenvalue weighted by molar-refractivity contribution is -0.156. The minimum atomic E-state index is -0.451. The molecule has 5 heteroatoms. The summed E-state index contributed by atoms with van der Waals surface area (Å²) in [5.74, 6) is -1.72. The van der Waals surface area contributed by atoms with E-state index in [-0.39, 0.29) is 12.2 Å². The third-order valence-electron chi connectivity index (χ3n) is 2.71. The van der Waals surface area contributed by atoms with Crippen molar-refractivity contribution >= 4 is 27.9 Å². The Morgan fingerprint density at radius 3 is 2.69 bits per heavy atom. The van der Waals surface area contributed by atoms with Crippen LogP contribution in [-0.2, 0) is 19.1 Å². The van der Waals surface area contributed by atoms with E-state index in [2.05, 4.69) is 20.7 Å². The number of carbonyl (C=O) groups is 2. The molecule has 4 nitrogen and oxygen atoms in total. The average Bonchev–Trinajstić information content (AvgIpc) is 2.64. The number of rotatable bonds is 0. The molecule has 0 radical (unpaired) electrons. The standard InChI is InChI=1S/C8H5BrO4/c9-2-1-3-4-5(6(2)12-3)8(11)13-7(4)10/h1,3-6H/t3-,4?,5?,6+/m1/s1. The minimum Gasteiger partial charge on any atom is -0.393 e. The molecule has 0 N–H and O–H groups in total. The molecule has 2 fully saturated rings. The van der Waals surface area contributed by atoms with E-state index >= 15 is 0 Å². The molecule has 4 atom stereocenters. The Labute approximate surface area is 82.0 Å². The molecule has 13 heavy (non-hydrogen) atoms. The normalized spacial score (nSPS) is 46.4. The van der Waals surface area contributed by atoms with Crippen LogP contribution in [0.5, 0.6) is 0 Å². The highest BCUT2D eigenvalue weighted by molar-refractivity contribution is 9.11. The van der Waals surface area contributed by atoms with Gasteiger partial charge in [-0.25, -0.2) is 0 Å². The summed E-state index contributed by atoms with van der Waals surface area (Å²) in [4.78, 5) is 22.4. The number of halogens is 1. The van der Waals surface area contributed by atoms with E-state index in [1.807, 2.05) is 6.08 Å². The molecule has 0 saturated carbocycles. The molecular weight excluding hydrogens is 240 g/mol. The molecule has 3 aliphatic heterocycles. The van der Waals surface area contributed by atoms with E-state index in [1.165, 1.54) is 0 Å². The largest absolute Gasteiger partial charge is 0.393 e. The first kappa shape index (κ1) is 7.70. The van der Waals surface area contributed by atoms with Crippen LogP contribution in [0.25, 0.3) is 0 Å². The third-order valence-corrected chi connectivity index (χ3v) is 3.43. The van der Waals surface area contributed by atoms with Crippen molar-refractivity contribution in [1.29, 1.82) is 0 Å². The molecule has 0 aromatic heterocycles. The van der Waals surface area contributed by atoms with Crippen LogP contribution in [0.15, 0.2) is 10.6 Å². The number of esters is 2. The third kappa shape index (κ3) is 0.788. The van der Waals surface area contributed by atoms with Crippen molar-refractivity contribution in [2.45, 2.75) is 12.2 Å². The monoisotopic (exact) mass is 244 g/mol. The Morgan fingerprint density at radius 2 is 1.92 bits per heavy atom. The van der Waals surface area contributed by atoms with E-state index in [1.54, 1.807) is 0 Å². The number of hydrogen-bond donors (Lipinski definition) is 0. The maximum Gasteiger partial charge on any atom is 0.320 e. The molecule has 68 valence electrons. The second-order valence-corrected chi connectivity index (χ2v) is 4.28. The fourth-order valence-electron chi connectivity index (χ4n) is 2.15. The van der Waals surface area contributed by atoms with Crippen molar-refractivity contribution in [2.24, 2.45) is 11.8 Å². The first-order valence-electron chi connectivity index (χ1n) is 3.96. The average molecular weight is 245 g/mol. The van der Waals surface area contributed by atoms with E-state index in [0.717, 1.165) is 4.48 Å². The van der Waals surface area contributed by atoms with Crippen molar-refractivity contribution in [2.75, 3.05) is 0 Å². The molecule has 2 bridgehead atoms. The van der Waals surface area contributed by atoms with Gasteiger partial charge in [0.05, 0.1) is 6.10 Å². The highest BCUT2D eigenvalue weighted by Gasteiger charge is 2.61. The van der Waals surface area contributed by atoms with Crippen molar-refractivity contribution in [1.82, 2.24) is 0 Å². The summed E-state index contributed by atoms with van der Waals surface area (Å²) in [6.07, 6.45) is 1.25. The van der Waals surface area contributed by atoms with Crippen molar-refractivity contribution < 1.29 is 19.1 Å². The van der Waals surface area contributed by atoms with Crippen molar-refractivity contribution in [3.8, 4) is 0 Å². The summed E-state index contributed by atoms with van der Waals surface area (Å²) in [7, 11) is 0. The summed E-state index contributed by atoms with van der Waals surface area (Å²) in [6.45, 7) is 0. The zero-order valence-electron chi connectivity index (χ0n) is 6.40. The molecule has 3 rings (SSSR count). The fourth-order valence-corrected chi connectivity index (χ4v) is 2.80. The predicted octanol–water partition coefficient (Wildman–Crippen LogP) is 0.362. The minimum absolute atomic E-state index is 0.275. The van der Waals surface area contributed by atoms with Gasteiger partial charge in [0.2, 0.25) is 0 Å². The van der Waals surface area contributed by atoms with Crippen LogP contribution in [0, 0.1) is 11.8 Å². The van der Waals surface area contributed by atoms with Crippen molar-refractivity contribution in [3.63, 3.8) is 0 Å². The topological polar surface area (TPSA) is 52.6 Å². The number of hydrogen-bond acceptors (Lipinski definition) is 4. The van der Waals surface area contributed by atoms with Gasteiger partial charge in [-0.2, -0.15) is 0 Å². The van der Waals surface area contributed by atoms with Gasteiger partial charge in [0.15, 0.2) is 0 Å². The van der Waals surface area contributed by atoms with Crippen LogP contribution < -0.4 is 0 Å². The first-order valence-corrected chi connectivity index (χ1v) is 4.76. The molecule has 3 aliphatic rings. The number of ether oxygens (including phenoxy) is 2. The molecule has 0 aromatic rings. The molecule has 0 amide bonds. The van der Waals surface area contributed by atoms with Gasteiger partial charge in [-0.15, -0.1) is 0 Å². The van der Waals surface area contributed by atoms with Crippen LogP contribution in [-0.4, -0.2) is 24.1 Å². The van der Waals surface area contributed by atoms with Crippen LogP contribution in [0.3, 0.4) is 0 Å². The summed E-state index contributed by atoms with van der Waals surface area (Å²) in [5, 5.41) is 0. The molecule has 0 aromatic carbocycles. The molecular formula is C8H5BrO4. The van der Waals surface area contributed by atoms with Gasteiger partial charge < -0.3 is 9.47 Å². The molecule has 2 unspecified atom stereocenters. The van der Waals surface area contributed by atoms with Gasteiger partial charge in [-0.1, -0.05) is 15.9 Å². The lowest BCUT2D eigenvalue weighted by Crippen LogP contribution is -2.27. The van der Waals surface area contributed by atoms with E-state index < -0.39 is 23.8 Å². The Morgan fingerprint density at radius 1 is 1.23 bits per heavy atom.